The fourth-order valence-corrected chi connectivity index (χ4v) is 5.40. The molecule has 0 spiro atoms. The molecule has 2 aliphatic rings. The van der Waals surface area contributed by atoms with Crippen molar-refractivity contribution in [2.75, 3.05) is 11.5 Å². The van der Waals surface area contributed by atoms with Crippen LogP contribution in [0.15, 0.2) is 48.3 Å². The van der Waals surface area contributed by atoms with Gasteiger partial charge >= 0.3 is 6.09 Å². The molecule has 6 nitrogen and oxygen atoms in total. The van der Waals surface area contributed by atoms with E-state index in [4.69, 9.17) is 9.47 Å². The Morgan fingerprint density at radius 2 is 1.83 bits per heavy atom. The van der Waals surface area contributed by atoms with E-state index in [9.17, 15) is 9.59 Å². The monoisotopic (exact) mass is 500 g/mol. The predicted octanol–water partition coefficient (Wildman–Crippen LogP) is 6.12. The van der Waals surface area contributed by atoms with Gasteiger partial charge < -0.3 is 20.1 Å². The van der Waals surface area contributed by atoms with Crippen LogP contribution in [0.4, 0.5) is 4.79 Å². The standard InChI is InChI=1S/C28H40N2O4S/c1-28(2,3)34-27(32)30-25(20-35-19-22-10-6-4-7-11-22)26(31)29-18-21-14-16-24(17-15-21)33-23-12-8-5-9-13-23/h8,12-17,22,25H,4-7,9-11,18-20H2,1-3H3,(H,29,31)(H,30,32)/t25-/m0/s1. The topological polar surface area (TPSA) is 76.7 Å². The molecule has 1 fully saturated rings. The first-order valence-electron chi connectivity index (χ1n) is 12.8. The summed E-state index contributed by atoms with van der Waals surface area (Å²) in [5.41, 5.74) is 0.345. The van der Waals surface area contributed by atoms with Crippen LogP contribution in [0.3, 0.4) is 0 Å². The third-order valence-corrected chi connectivity index (χ3v) is 7.23. The Morgan fingerprint density at radius 3 is 2.49 bits per heavy atom. The van der Waals surface area contributed by atoms with Crippen molar-refractivity contribution >= 4 is 23.8 Å². The molecule has 192 valence electrons. The van der Waals surface area contributed by atoms with Gasteiger partial charge in [-0.3, -0.25) is 4.79 Å². The summed E-state index contributed by atoms with van der Waals surface area (Å²) in [5.74, 6) is 3.68. The Labute approximate surface area is 214 Å². The molecule has 1 aromatic rings. The Bertz CT molecular complexity index is 883. The highest BCUT2D eigenvalue weighted by Gasteiger charge is 2.25. The van der Waals surface area contributed by atoms with Crippen LogP contribution in [0, 0.1) is 5.92 Å². The summed E-state index contributed by atoms with van der Waals surface area (Å²) in [7, 11) is 0. The number of thioether (sulfide) groups is 1. The van der Waals surface area contributed by atoms with Crippen LogP contribution in [0.2, 0.25) is 0 Å². The van der Waals surface area contributed by atoms with E-state index in [-0.39, 0.29) is 5.91 Å². The largest absolute Gasteiger partial charge is 0.458 e. The first kappa shape index (κ1) is 27.2. The van der Waals surface area contributed by atoms with Crippen molar-refractivity contribution in [2.45, 2.75) is 83.9 Å². The smallest absolute Gasteiger partial charge is 0.408 e. The first-order chi connectivity index (χ1) is 16.8. The quantitative estimate of drug-likeness (QED) is 0.405. The molecule has 1 aromatic carbocycles. The average Bonchev–Trinajstić information content (AvgIpc) is 2.83. The normalized spacial score (nSPS) is 17.3. The van der Waals surface area contributed by atoms with Crippen LogP contribution >= 0.6 is 11.8 Å². The second-order valence-corrected chi connectivity index (χ2v) is 11.4. The highest BCUT2D eigenvalue weighted by molar-refractivity contribution is 7.99. The van der Waals surface area contributed by atoms with Crippen LogP contribution < -0.4 is 15.4 Å². The molecule has 2 N–H and O–H groups in total. The van der Waals surface area contributed by atoms with E-state index in [1.165, 1.54) is 32.1 Å². The minimum absolute atomic E-state index is 0.204. The molecule has 2 aliphatic carbocycles. The molecule has 0 bridgehead atoms. The van der Waals surface area contributed by atoms with Gasteiger partial charge in [0.25, 0.3) is 0 Å². The van der Waals surface area contributed by atoms with Gasteiger partial charge in [0.05, 0.1) is 0 Å². The van der Waals surface area contributed by atoms with Crippen LogP contribution in [0.1, 0.15) is 71.3 Å². The van der Waals surface area contributed by atoms with E-state index in [0.717, 1.165) is 35.7 Å². The fraction of sp³-hybridized carbons (Fsp3) is 0.571. The lowest BCUT2D eigenvalue weighted by atomic mass is 9.91. The molecule has 0 radical (unpaired) electrons. The zero-order valence-corrected chi connectivity index (χ0v) is 22.1. The molecule has 0 saturated heterocycles. The number of ether oxygens (including phenoxy) is 2. The molecule has 0 aromatic heterocycles. The Morgan fingerprint density at radius 1 is 1.09 bits per heavy atom. The molecule has 3 rings (SSSR count). The summed E-state index contributed by atoms with van der Waals surface area (Å²) in [6.45, 7) is 5.82. The van der Waals surface area contributed by atoms with Crippen molar-refractivity contribution in [1.82, 2.24) is 10.6 Å². The second kappa shape index (κ2) is 13.6. The molecule has 0 unspecified atom stereocenters. The van der Waals surface area contributed by atoms with Crippen LogP contribution in [0.25, 0.3) is 0 Å². The summed E-state index contributed by atoms with van der Waals surface area (Å²) in [4.78, 5) is 25.4. The Kier molecular flexibility index (Phi) is 10.6. The molecule has 2 amide bonds. The lowest BCUT2D eigenvalue weighted by molar-refractivity contribution is -0.122. The van der Waals surface area contributed by atoms with E-state index < -0.39 is 17.7 Å². The van der Waals surface area contributed by atoms with Gasteiger partial charge in [-0.1, -0.05) is 37.5 Å². The highest BCUT2D eigenvalue weighted by atomic mass is 32.2. The molecule has 35 heavy (non-hydrogen) atoms. The van der Waals surface area contributed by atoms with Gasteiger partial charge in [-0.25, -0.2) is 4.79 Å². The van der Waals surface area contributed by atoms with Crippen LogP contribution in [0.5, 0.6) is 5.75 Å². The van der Waals surface area contributed by atoms with Crippen LogP contribution in [-0.4, -0.2) is 35.1 Å². The van der Waals surface area contributed by atoms with E-state index >= 15 is 0 Å². The highest BCUT2D eigenvalue weighted by Crippen LogP contribution is 2.27. The van der Waals surface area contributed by atoms with Gasteiger partial charge in [0.1, 0.15) is 23.2 Å². The number of hydrogen-bond acceptors (Lipinski definition) is 5. The predicted molar refractivity (Wildman–Crippen MR) is 142 cm³/mol. The number of carbonyl (C=O) groups is 2. The molecule has 7 heteroatoms. The van der Waals surface area contributed by atoms with Crippen molar-refractivity contribution < 1.29 is 19.1 Å². The summed E-state index contributed by atoms with van der Waals surface area (Å²) in [6.07, 6.45) is 14.1. The third-order valence-electron chi connectivity index (χ3n) is 5.96. The minimum Gasteiger partial charge on any atom is -0.458 e. The SMILES string of the molecule is CC(C)(C)OC(=O)N[C@@H](CSCC1CCCCC1)C(=O)NCc1ccc(OC2=CCCC=C2)cc1. The first-order valence-corrected chi connectivity index (χ1v) is 13.9. The van der Waals surface area contributed by atoms with Crippen LogP contribution in [-0.2, 0) is 16.1 Å². The maximum Gasteiger partial charge on any atom is 0.408 e. The summed E-state index contributed by atoms with van der Waals surface area (Å²) in [6, 6.07) is 7.04. The number of allylic oxidation sites excluding steroid dienone is 3. The number of amides is 2. The zero-order chi connectivity index (χ0) is 25.1. The minimum atomic E-state index is -0.647. The van der Waals surface area contributed by atoms with Crippen molar-refractivity contribution in [3.63, 3.8) is 0 Å². The number of rotatable bonds is 10. The second-order valence-electron chi connectivity index (χ2n) is 10.3. The van der Waals surface area contributed by atoms with E-state index in [2.05, 4.69) is 22.8 Å². The van der Waals surface area contributed by atoms with Crippen molar-refractivity contribution in [3.05, 3.63) is 53.8 Å². The van der Waals surface area contributed by atoms with Gasteiger partial charge in [0, 0.05) is 12.3 Å². The Hall–Kier alpha value is -2.41. The molecular weight excluding hydrogens is 460 g/mol. The Balaban J connectivity index is 1.51. The number of carbonyl (C=O) groups excluding carboxylic acids is 2. The average molecular weight is 501 g/mol. The lowest BCUT2D eigenvalue weighted by Crippen LogP contribution is -2.49. The van der Waals surface area contributed by atoms with Crippen molar-refractivity contribution in [3.8, 4) is 5.75 Å². The summed E-state index contributed by atoms with van der Waals surface area (Å²) < 4.78 is 11.3. The molecule has 0 aliphatic heterocycles. The molecule has 1 saturated carbocycles. The van der Waals surface area contributed by atoms with E-state index in [0.29, 0.717) is 18.2 Å². The van der Waals surface area contributed by atoms with Gasteiger partial charge in [0.15, 0.2) is 0 Å². The summed E-state index contributed by atoms with van der Waals surface area (Å²) in [5, 5.41) is 5.75. The molecule has 1 atom stereocenters. The lowest BCUT2D eigenvalue weighted by Gasteiger charge is -2.24. The summed E-state index contributed by atoms with van der Waals surface area (Å²) >= 11 is 1.74. The maximum absolute atomic E-state index is 13.0. The van der Waals surface area contributed by atoms with Gasteiger partial charge in [-0.2, -0.15) is 11.8 Å². The fourth-order valence-electron chi connectivity index (χ4n) is 4.13. The van der Waals surface area contributed by atoms with Gasteiger partial charge in [-0.05, 0) is 88.0 Å². The molecular formula is C28H40N2O4S. The molecule has 0 heterocycles. The maximum atomic E-state index is 13.0. The van der Waals surface area contributed by atoms with E-state index in [1.54, 1.807) is 11.8 Å². The zero-order valence-electron chi connectivity index (χ0n) is 21.3. The van der Waals surface area contributed by atoms with Gasteiger partial charge in [0.2, 0.25) is 5.91 Å². The third kappa shape index (κ3) is 10.4. The van der Waals surface area contributed by atoms with Gasteiger partial charge in [-0.15, -0.1) is 0 Å². The number of nitrogens with one attached hydrogen (secondary N) is 2. The number of hydrogen-bond donors (Lipinski definition) is 2. The number of benzene rings is 1. The van der Waals surface area contributed by atoms with E-state index in [1.807, 2.05) is 51.1 Å². The van der Waals surface area contributed by atoms with Crippen molar-refractivity contribution in [1.29, 1.82) is 0 Å². The number of alkyl carbamates (subject to hydrolysis) is 1. The van der Waals surface area contributed by atoms with Crippen molar-refractivity contribution in [2.24, 2.45) is 5.92 Å².